The lowest BCUT2D eigenvalue weighted by molar-refractivity contribution is 0.205. The minimum Gasteiger partial charge on any atom is -0.387 e. The Balaban J connectivity index is 2.61. The van der Waals surface area contributed by atoms with Gasteiger partial charge in [0.1, 0.15) is 5.15 Å². The number of hydrogen-bond acceptors (Lipinski definition) is 2. The first-order valence-electron chi connectivity index (χ1n) is 4.51. The van der Waals surface area contributed by atoms with Crippen molar-refractivity contribution in [1.29, 1.82) is 0 Å². The van der Waals surface area contributed by atoms with Gasteiger partial charge in [0.05, 0.1) is 11.6 Å². The van der Waals surface area contributed by atoms with Gasteiger partial charge in [-0.25, -0.2) is 4.98 Å². The van der Waals surface area contributed by atoms with Gasteiger partial charge in [-0.2, -0.15) is 0 Å². The molecular weight excluding hydrogens is 277 g/mol. The minimum absolute atomic E-state index is 0.362. The van der Waals surface area contributed by atoms with Crippen molar-refractivity contribution in [3.63, 3.8) is 0 Å². The SMILES string of the molecule is OC(CBr)c1cc2ccccc2nc1Cl. The molecule has 0 bridgehead atoms. The molecule has 1 aromatic carbocycles. The molecule has 1 N–H and O–H groups in total. The van der Waals surface area contributed by atoms with E-state index in [-0.39, 0.29) is 0 Å². The molecule has 2 aromatic rings. The molecule has 0 saturated heterocycles. The van der Waals surface area contributed by atoms with Crippen LogP contribution in [0.3, 0.4) is 0 Å². The first kappa shape index (κ1) is 10.9. The maximum Gasteiger partial charge on any atom is 0.135 e. The van der Waals surface area contributed by atoms with Gasteiger partial charge in [0, 0.05) is 16.3 Å². The predicted octanol–water partition coefficient (Wildman–Crippen LogP) is 3.32. The highest BCUT2D eigenvalue weighted by Gasteiger charge is 2.12. The third-order valence-corrected chi connectivity index (χ3v) is 3.13. The third kappa shape index (κ3) is 2.14. The number of rotatable bonds is 2. The minimum atomic E-state index is -0.616. The van der Waals surface area contributed by atoms with Crippen molar-refractivity contribution in [3.05, 3.63) is 41.0 Å². The Bertz CT molecular complexity index is 489. The number of para-hydroxylation sites is 1. The molecule has 1 atom stereocenters. The molecule has 0 fully saturated rings. The second-order valence-electron chi connectivity index (χ2n) is 3.23. The molecule has 78 valence electrons. The highest BCUT2D eigenvalue weighted by Crippen LogP contribution is 2.26. The molecular formula is C11H9BrClNO. The van der Waals surface area contributed by atoms with E-state index >= 15 is 0 Å². The van der Waals surface area contributed by atoms with Crippen LogP contribution in [0.5, 0.6) is 0 Å². The zero-order chi connectivity index (χ0) is 10.8. The Morgan fingerprint density at radius 1 is 1.40 bits per heavy atom. The number of alkyl halides is 1. The van der Waals surface area contributed by atoms with E-state index in [9.17, 15) is 5.11 Å². The van der Waals surface area contributed by atoms with Gasteiger partial charge < -0.3 is 5.11 Å². The van der Waals surface area contributed by atoms with Crippen LogP contribution in [-0.2, 0) is 0 Å². The number of nitrogens with zero attached hydrogens (tertiary/aromatic N) is 1. The van der Waals surface area contributed by atoms with Gasteiger partial charge in [-0.15, -0.1) is 0 Å². The number of aliphatic hydroxyl groups excluding tert-OH is 1. The fourth-order valence-electron chi connectivity index (χ4n) is 1.43. The topological polar surface area (TPSA) is 33.1 Å². The zero-order valence-electron chi connectivity index (χ0n) is 7.82. The van der Waals surface area contributed by atoms with Crippen LogP contribution >= 0.6 is 27.5 Å². The van der Waals surface area contributed by atoms with Crippen LogP contribution in [0.25, 0.3) is 10.9 Å². The van der Waals surface area contributed by atoms with Crippen LogP contribution in [0, 0.1) is 0 Å². The lowest BCUT2D eigenvalue weighted by Crippen LogP contribution is -2.00. The molecule has 0 aliphatic rings. The molecule has 0 radical (unpaired) electrons. The molecule has 1 heterocycles. The Morgan fingerprint density at radius 2 is 2.13 bits per heavy atom. The van der Waals surface area contributed by atoms with Gasteiger partial charge >= 0.3 is 0 Å². The Kier molecular flexibility index (Phi) is 3.24. The fraction of sp³-hybridized carbons (Fsp3) is 0.182. The van der Waals surface area contributed by atoms with Crippen molar-refractivity contribution in [2.45, 2.75) is 6.10 Å². The van der Waals surface area contributed by atoms with Crippen molar-refractivity contribution >= 4 is 38.4 Å². The number of aliphatic hydroxyl groups is 1. The number of hydrogen-bond donors (Lipinski definition) is 1. The number of aromatic nitrogens is 1. The van der Waals surface area contributed by atoms with Crippen LogP contribution in [0.4, 0.5) is 0 Å². The normalized spacial score (nSPS) is 13.0. The zero-order valence-corrected chi connectivity index (χ0v) is 10.2. The molecule has 2 nitrogen and oxygen atoms in total. The van der Waals surface area contributed by atoms with Crippen LogP contribution in [-0.4, -0.2) is 15.4 Å². The van der Waals surface area contributed by atoms with Gasteiger partial charge in [-0.1, -0.05) is 45.7 Å². The predicted molar refractivity (Wildman–Crippen MR) is 65.5 cm³/mol. The lowest BCUT2D eigenvalue weighted by atomic mass is 10.1. The molecule has 15 heavy (non-hydrogen) atoms. The van der Waals surface area contributed by atoms with Crippen LogP contribution in [0.2, 0.25) is 5.15 Å². The quantitative estimate of drug-likeness (QED) is 0.678. The molecule has 1 unspecified atom stereocenters. The lowest BCUT2D eigenvalue weighted by Gasteiger charge is -2.10. The van der Waals surface area contributed by atoms with E-state index in [1.165, 1.54) is 0 Å². The van der Waals surface area contributed by atoms with Crippen LogP contribution in [0.1, 0.15) is 11.7 Å². The summed E-state index contributed by atoms with van der Waals surface area (Å²) in [4.78, 5) is 4.23. The molecule has 2 rings (SSSR count). The van der Waals surface area contributed by atoms with Crippen LogP contribution < -0.4 is 0 Å². The summed E-state index contributed by atoms with van der Waals surface area (Å²) in [5, 5.41) is 11.5. The number of halogens is 2. The molecule has 0 aliphatic heterocycles. The van der Waals surface area contributed by atoms with Crippen molar-refractivity contribution < 1.29 is 5.11 Å². The van der Waals surface area contributed by atoms with Crippen molar-refractivity contribution in [1.82, 2.24) is 4.98 Å². The van der Waals surface area contributed by atoms with Gasteiger partial charge in [-0.3, -0.25) is 0 Å². The summed E-state index contributed by atoms with van der Waals surface area (Å²) in [6.07, 6.45) is -0.616. The average Bonchev–Trinajstić information content (AvgIpc) is 2.27. The fourth-order valence-corrected chi connectivity index (χ4v) is 2.05. The molecule has 4 heteroatoms. The second kappa shape index (κ2) is 4.47. The maximum absolute atomic E-state index is 9.70. The van der Waals surface area contributed by atoms with Gasteiger partial charge in [-0.05, 0) is 12.1 Å². The van der Waals surface area contributed by atoms with E-state index in [1.807, 2.05) is 30.3 Å². The Labute approximate surface area is 101 Å². The first-order chi connectivity index (χ1) is 7.22. The third-order valence-electron chi connectivity index (χ3n) is 2.21. The van der Waals surface area contributed by atoms with Crippen LogP contribution in [0.15, 0.2) is 30.3 Å². The van der Waals surface area contributed by atoms with Gasteiger partial charge in [0.15, 0.2) is 0 Å². The summed E-state index contributed by atoms with van der Waals surface area (Å²) in [6, 6.07) is 9.56. The summed E-state index contributed by atoms with van der Waals surface area (Å²) in [5.74, 6) is 0. The van der Waals surface area contributed by atoms with Crippen molar-refractivity contribution in [2.75, 3.05) is 5.33 Å². The van der Waals surface area contributed by atoms with E-state index in [0.29, 0.717) is 16.0 Å². The average molecular weight is 287 g/mol. The van der Waals surface area contributed by atoms with E-state index in [1.54, 1.807) is 0 Å². The second-order valence-corrected chi connectivity index (χ2v) is 4.24. The molecule has 0 saturated carbocycles. The summed E-state index contributed by atoms with van der Waals surface area (Å²) >= 11 is 9.20. The van der Waals surface area contributed by atoms with Gasteiger partial charge in [0.25, 0.3) is 0 Å². The summed E-state index contributed by atoms with van der Waals surface area (Å²) in [5.41, 5.74) is 1.50. The smallest absolute Gasteiger partial charge is 0.135 e. The first-order valence-corrected chi connectivity index (χ1v) is 6.01. The Hall–Kier alpha value is -0.640. The molecule has 0 spiro atoms. The molecule has 1 aromatic heterocycles. The Morgan fingerprint density at radius 3 is 2.87 bits per heavy atom. The molecule has 0 aliphatic carbocycles. The van der Waals surface area contributed by atoms with Crippen molar-refractivity contribution in [2.24, 2.45) is 0 Å². The van der Waals surface area contributed by atoms with E-state index in [0.717, 1.165) is 10.9 Å². The standard InChI is InChI=1S/C11H9BrClNO/c12-6-10(15)8-5-7-3-1-2-4-9(7)14-11(8)13/h1-5,10,15H,6H2. The van der Waals surface area contributed by atoms with E-state index in [4.69, 9.17) is 11.6 Å². The van der Waals surface area contributed by atoms with Gasteiger partial charge in [0.2, 0.25) is 0 Å². The monoisotopic (exact) mass is 285 g/mol. The molecule has 0 amide bonds. The highest BCUT2D eigenvalue weighted by molar-refractivity contribution is 9.09. The largest absolute Gasteiger partial charge is 0.387 e. The van der Waals surface area contributed by atoms with E-state index in [2.05, 4.69) is 20.9 Å². The number of pyridine rings is 1. The van der Waals surface area contributed by atoms with Crippen molar-refractivity contribution in [3.8, 4) is 0 Å². The number of fused-ring (bicyclic) bond motifs is 1. The summed E-state index contributed by atoms with van der Waals surface area (Å²) < 4.78 is 0. The van der Waals surface area contributed by atoms with E-state index < -0.39 is 6.10 Å². The highest BCUT2D eigenvalue weighted by atomic mass is 79.9. The maximum atomic E-state index is 9.70. The number of benzene rings is 1. The summed E-state index contributed by atoms with van der Waals surface area (Å²) in [6.45, 7) is 0. The summed E-state index contributed by atoms with van der Waals surface area (Å²) in [7, 11) is 0.